The van der Waals surface area contributed by atoms with E-state index >= 15 is 0 Å². The first-order valence-corrected chi connectivity index (χ1v) is 7.47. The molecule has 3 aromatic rings. The number of aromatic nitrogens is 1. The van der Waals surface area contributed by atoms with Gasteiger partial charge >= 0.3 is 5.63 Å². The van der Waals surface area contributed by atoms with E-state index in [9.17, 15) is 9.59 Å². The van der Waals surface area contributed by atoms with Crippen molar-refractivity contribution in [2.45, 2.75) is 6.92 Å². The van der Waals surface area contributed by atoms with E-state index in [1.165, 1.54) is 17.4 Å². The van der Waals surface area contributed by atoms with Crippen LogP contribution in [0.15, 0.2) is 45.1 Å². The average molecular weight is 316 g/mol. The molecule has 1 amide bonds. The van der Waals surface area contributed by atoms with Gasteiger partial charge in [0.05, 0.1) is 6.61 Å². The van der Waals surface area contributed by atoms with Crippen molar-refractivity contribution >= 4 is 33.3 Å². The van der Waals surface area contributed by atoms with Crippen molar-refractivity contribution in [2.75, 3.05) is 11.9 Å². The van der Waals surface area contributed by atoms with Crippen LogP contribution in [0, 0.1) is 0 Å². The molecule has 1 N–H and O–H groups in total. The maximum absolute atomic E-state index is 12.1. The normalized spacial score (nSPS) is 10.6. The van der Waals surface area contributed by atoms with Crippen molar-refractivity contribution in [1.82, 2.24) is 4.98 Å². The molecule has 0 aliphatic rings. The van der Waals surface area contributed by atoms with Gasteiger partial charge in [0, 0.05) is 23.0 Å². The number of thiazole rings is 1. The van der Waals surface area contributed by atoms with Crippen LogP contribution >= 0.6 is 11.3 Å². The van der Waals surface area contributed by atoms with Crippen LogP contribution in [0.3, 0.4) is 0 Å². The molecule has 7 heteroatoms. The number of hydrogen-bond donors (Lipinski definition) is 1. The maximum atomic E-state index is 12.1. The van der Waals surface area contributed by atoms with Gasteiger partial charge in [-0.2, -0.15) is 0 Å². The molecular formula is C15H12N2O4S. The first-order valence-electron chi connectivity index (χ1n) is 6.59. The number of nitrogens with one attached hydrogen (secondary N) is 1. The molecule has 3 rings (SSSR count). The van der Waals surface area contributed by atoms with Crippen molar-refractivity contribution in [3.8, 4) is 5.75 Å². The van der Waals surface area contributed by atoms with Gasteiger partial charge < -0.3 is 9.15 Å². The molecule has 0 bridgehead atoms. The molecule has 0 radical (unpaired) electrons. The average Bonchev–Trinajstić information content (AvgIpc) is 2.99. The van der Waals surface area contributed by atoms with Gasteiger partial charge in [0.15, 0.2) is 5.13 Å². The summed E-state index contributed by atoms with van der Waals surface area (Å²) in [5, 5.41) is 5.36. The van der Waals surface area contributed by atoms with Crippen LogP contribution in [-0.4, -0.2) is 17.5 Å². The smallest absolute Gasteiger partial charge is 0.349 e. The summed E-state index contributed by atoms with van der Waals surface area (Å²) < 4.78 is 10.6. The molecule has 0 saturated heterocycles. The van der Waals surface area contributed by atoms with Gasteiger partial charge in [-0.1, -0.05) is 0 Å². The van der Waals surface area contributed by atoms with Gasteiger partial charge in [-0.15, -0.1) is 11.3 Å². The summed E-state index contributed by atoms with van der Waals surface area (Å²) in [6, 6.07) is 6.63. The van der Waals surface area contributed by atoms with Gasteiger partial charge in [0.2, 0.25) is 0 Å². The second-order valence-corrected chi connectivity index (χ2v) is 5.27. The Balaban J connectivity index is 1.97. The van der Waals surface area contributed by atoms with Crippen LogP contribution in [0.5, 0.6) is 5.75 Å². The highest BCUT2D eigenvalue weighted by molar-refractivity contribution is 7.13. The Labute approximate surface area is 129 Å². The molecule has 0 saturated carbocycles. The highest BCUT2D eigenvalue weighted by Crippen LogP contribution is 2.21. The first-order chi connectivity index (χ1) is 10.7. The van der Waals surface area contributed by atoms with Crippen molar-refractivity contribution < 1.29 is 13.9 Å². The summed E-state index contributed by atoms with van der Waals surface area (Å²) in [7, 11) is 0. The fourth-order valence-electron chi connectivity index (χ4n) is 1.96. The Morgan fingerprint density at radius 1 is 1.41 bits per heavy atom. The fraction of sp³-hybridized carbons (Fsp3) is 0.133. The Bertz CT molecular complexity index is 871. The highest BCUT2D eigenvalue weighted by atomic mass is 32.1. The molecule has 0 spiro atoms. The van der Waals surface area contributed by atoms with Gasteiger partial charge in [0.25, 0.3) is 5.91 Å². The largest absolute Gasteiger partial charge is 0.494 e. The third-order valence-corrected chi connectivity index (χ3v) is 3.60. The van der Waals surface area contributed by atoms with Crippen LogP contribution in [0.1, 0.15) is 17.3 Å². The Hall–Kier alpha value is -2.67. The van der Waals surface area contributed by atoms with E-state index in [2.05, 4.69) is 10.3 Å². The fourth-order valence-corrected chi connectivity index (χ4v) is 2.48. The second kappa shape index (κ2) is 5.98. The standard InChI is InChI=1S/C15H12N2O4S/c1-2-20-10-4-3-9-7-11(14(19)21-12(9)8-10)13(18)17-15-16-5-6-22-15/h3-8H,2H2,1H3,(H,16,17,18). The summed E-state index contributed by atoms with van der Waals surface area (Å²) in [6.45, 7) is 2.39. The SMILES string of the molecule is CCOc1ccc2cc(C(=O)Nc3nccs3)c(=O)oc2c1. The van der Waals surface area contributed by atoms with Crippen molar-refractivity contribution in [3.05, 3.63) is 51.8 Å². The zero-order valence-electron chi connectivity index (χ0n) is 11.7. The lowest BCUT2D eigenvalue weighted by molar-refractivity contribution is 0.102. The molecule has 6 nitrogen and oxygen atoms in total. The van der Waals surface area contributed by atoms with Gasteiger partial charge in [-0.25, -0.2) is 9.78 Å². The molecule has 0 atom stereocenters. The summed E-state index contributed by atoms with van der Waals surface area (Å²) in [5.74, 6) is 0.0672. The Kier molecular flexibility index (Phi) is 3.88. The van der Waals surface area contributed by atoms with Crippen molar-refractivity contribution in [1.29, 1.82) is 0 Å². The molecule has 0 aliphatic heterocycles. The quantitative estimate of drug-likeness (QED) is 0.748. The molecule has 112 valence electrons. The molecule has 1 aromatic carbocycles. The molecule has 2 aromatic heterocycles. The third kappa shape index (κ3) is 2.84. The first kappa shape index (κ1) is 14.3. The predicted octanol–water partition coefficient (Wildman–Crippen LogP) is 2.90. The number of nitrogens with zero attached hydrogens (tertiary/aromatic N) is 1. The Morgan fingerprint density at radius 2 is 2.27 bits per heavy atom. The number of ether oxygens (including phenoxy) is 1. The minimum atomic E-state index is -0.699. The Morgan fingerprint density at radius 3 is 3.00 bits per heavy atom. The molecule has 0 fully saturated rings. The van der Waals surface area contributed by atoms with Crippen LogP contribution in [-0.2, 0) is 0 Å². The van der Waals surface area contributed by atoms with E-state index in [0.717, 1.165) is 0 Å². The van der Waals surface area contributed by atoms with Crippen molar-refractivity contribution in [2.24, 2.45) is 0 Å². The monoisotopic (exact) mass is 316 g/mol. The summed E-state index contributed by atoms with van der Waals surface area (Å²) in [5.41, 5.74) is -0.385. The van der Waals surface area contributed by atoms with E-state index in [1.807, 2.05) is 6.92 Å². The van der Waals surface area contributed by atoms with E-state index in [-0.39, 0.29) is 5.56 Å². The molecule has 2 heterocycles. The number of amides is 1. The zero-order valence-corrected chi connectivity index (χ0v) is 12.5. The minimum absolute atomic E-state index is 0.0631. The zero-order chi connectivity index (χ0) is 15.5. The molecule has 22 heavy (non-hydrogen) atoms. The number of fused-ring (bicyclic) bond motifs is 1. The van der Waals surface area contributed by atoms with Crippen LogP contribution in [0.25, 0.3) is 11.0 Å². The number of anilines is 1. The van der Waals surface area contributed by atoms with Crippen LogP contribution < -0.4 is 15.7 Å². The highest BCUT2D eigenvalue weighted by Gasteiger charge is 2.15. The number of carbonyl (C=O) groups is 1. The third-order valence-electron chi connectivity index (χ3n) is 2.92. The van der Waals surface area contributed by atoms with Gasteiger partial charge in [-0.05, 0) is 25.1 Å². The minimum Gasteiger partial charge on any atom is -0.494 e. The number of benzene rings is 1. The predicted molar refractivity (Wildman–Crippen MR) is 83.7 cm³/mol. The molecule has 0 unspecified atom stereocenters. The molecular weight excluding hydrogens is 304 g/mol. The van der Waals surface area contributed by atoms with Gasteiger partial charge in [0.1, 0.15) is 16.9 Å². The molecule has 0 aliphatic carbocycles. The second-order valence-electron chi connectivity index (χ2n) is 4.37. The van der Waals surface area contributed by atoms with E-state index in [1.54, 1.807) is 29.8 Å². The number of rotatable bonds is 4. The van der Waals surface area contributed by atoms with Crippen molar-refractivity contribution in [3.63, 3.8) is 0 Å². The summed E-state index contributed by atoms with van der Waals surface area (Å²) in [6.07, 6.45) is 1.57. The van der Waals surface area contributed by atoms with Crippen LogP contribution in [0.2, 0.25) is 0 Å². The topological polar surface area (TPSA) is 81.4 Å². The van der Waals surface area contributed by atoms with Gasteiger partial charge in [-0.3, -0.25) is 10.1 Å². The summed E-state index contributed by atoms with van der Waals surface area (Å²) >= 11 is 1.27. The lowest BCUT2D eigenvalue weighted by Gasteiger charge is -2.05. The van der Waals surface area contributed by atoms with Crippen LogP contribution in [0.4, 0.5) is 5.13 Å². The van der Waals surface area contributed by atoms with E-state index < -0.39 is 11.5 Å². The number of carbonyl (C=O) groups excluding carboxylic acids is 1. The maximum Gasteiger partial charge on any atom is 0.349 e. The lowest BCUT2D eigenvalue weighted by Crippen LogP contribution is -2.20. The lowest BCUT2D eigenvalue weighted by atomic mass is 10.1. The summed E-state index contributed by atoms with van der Waals surface area (Å²) in [4.78, 5) is 28.0. The van der Waals surface area contributed by atoms with E-state index in [0.29, 0.717) is 28.5 Å². The van der Waals surface area contributed by atoms with E-state index in [4.69, 9.17) is 9.15 Å². The number of hydrogen-bond acceptors (Lipinski definition) is 6.